The average Bonchev–Trinajstić information content (AvgIpc) is 2.64. The van der Waals surface area contributed by atoms with Crippen LogP contribution in [0, 0.1) is 22.2 Å². The van der Waals surface area contributed by atoms with E-state index in [1.54, 1.807) is 0 Å². The molecular formula is C24H35FN2. The first-order valence-corrected chi connectivity index (χ1v) is 10.7. The Balaban J connectivity index is 1.62. The highest BCUT2D eigenvalue weighted by Crippen LogP contribution is 2.50. The molecule has 27 heavy (non-hydrogen) atoms. The molecule has 2 atom stereocenters. The van der Waals surface area contributed by atoms with Crippen molar-refractivity contribution in [2.24, 2.45) is 10.8 Å². The molecule has 1 heterocycles. The first-order chi connectivity index (χ1) is 12.9. The molecule has 0 aromatic heterocycles. The van der Waals surface area contributed by atoms with Crippen LogP contribution in [-0.2, 0) is 6.54 Å². The van der Waals surface area contributed by atoms with Gasteiger partial charge in [0.1, 0.15) is 6.17 Å². The second-order valence-electron chi connectivity index (χ2n) is 9.77. The van der Waals surface area contributed by atoms with Gasteiger partial charge in [0.2, 0.25) is 0 Å². The van der Waals surface area contributed by atoms with Crippen molar-refractivity contribution in [1.82, 2.24) is 4.90 Å². The molecular weight excluding hydrogens is 335 g/mol. The molecule has 0 spiro atoms. The van der Waals surface area contributed by atoms with Gasteiger partial charge in [-0.1, -0.05) is 64.3 Å². The van der Waals surface area contributed by atoms with Gasteiger partial charge < -0.3 is 0 Å². The van der Waals surface area contributed by atoms with E-state index in [9.17, 15) is 5.26 Å². The zero-order valence-corrected chi connectivity index (χ0v) is 17.3. The Hall–Kier alpha value is -1.40. The van der Waals surface area contributed by atoms with Crippen molar-refractivity contribution in [1.29, 1.82) is 5.26 Å². The van der Waals surface area contributed by atoms with Crippen molar-refractivity contribution in [3.8, 4) is 6.07 Å². The van der Waals surface area contributed by atoms with E-state index in [0.717, 1.165) is 25.4 Å². The first kappa shape index (κ1) is 20.3. The Kier molecular flexibility index (Phi) is 6.26. The Bertz CT molecular complexity index is 648. The van der Waals surface area contributed by atoms with E-state index in [-0.39, 0.29) is 5.41 Å². The van der Waals surface area contributed by atoms with Crippen molar-refractivity contribution < 1.29 is 4.39 Å². The summed E-state index contributed by atoms with van der Waals surface area (Å²) in [7, 11) is 0. The van der Waals surface area contributed by atoms with Crippen LogP contribution in [0.15, 0.2) is 24.3 Å². The molecule has 2 fully saturated rings. The highest BCUT2D eigenvalue weighted by molar-refractivity contribution is 5.26. The monoisotopic (exact) mass is 370 g/mol. The molecule has 1 aliphatic carbocycles. The molecule has 148 valence electrons. The van der Waals surface area contributed by atoms with Gasteiger partial charge in [0.25, 0.3) is 0 Å². The SMILES string of the molecule is CC(C)(C)C1(CC#N)CCN(Cc2ccc(C3CCCCC3)cc2)CC1F. The minimum absolute atomic E-state index is 0.199. The van der Waals surface area contributed by atoms with Crippen LogP contribution in [0.25, 0.3) is 0 Å². The molecule has 0 radical (unpaired) electrons. The summed E-state index contributed by atoms with van der Waals surface area (Å²) in [5.74, 6) is 0.733. The van der Waals surface area contributed by atoms with Gasteiger partial charge in [-0.25, -0.2) is 4.39 Å². The van der Waals surface area contributed by atoms with E-state index >= 15 is 4.39 Å². The summed E-state index contributed by atoms with van der Waals surface area (Å²) in [5, 5.41) is 9.27. The average molecular weight is 371 g/mol. The van der Waals surface area contributed by atoms with Gasteiger partial charge in [-0.15, -0.1) is 0 Å². The number of piperidine rings is 1. The number of hydrogen-bond donors (Lipinski definition) is 0. The first-order valence-electron chi connectivity index (χ1n) is 10.7. The van der Waals surface area contributed by atoms with Crippen molar-refractivity contribution in [3.63, 3.8) is 0 Å². The van der Waals surface area contributed by atoms with Crippen molar-refractivity contribution in [3.05, 3.63) is 35.4 Å². The summed E-state index contributed by atoms with van der Waals surface area (Å²) in [4.78, 5) is 2.22. The quantitative estimate of drug-likeness (QED) is 0.628. The fourth-order valence-corrected chi connectivity index (χ4v) is 5.19. The van der Waals surface area contributed by atoms with Crippen LogP contribution in [0.1, 0.15) is 82.8 Å². The van der Waals surface area contributed by atoms with Crippen LogP contribution in [0.4, 0.5) is 4.39 Å². The molecule has 1 saturated carbocycles. The zero-order valence-electron chi connectivity index (χ0n) is 17.3. The van der Waals surface area contributed by atoms with Crippen molar-refractivity contribution in [2.45, 2.75) is 84.4 Å². The summed E-state index contributed by atoms with van der Waals surface area (Å²) < 4.78 is 15.3. The maximum absolute atomic E-state index is 15.3. The summed E-state index contributed by atoms with van der Waals surface area (Å²) in [6.45, 7) is 8.34. The van der Waals surface area contributed by atoms with E-state index in [0.29, 0.717) is 13.0 Å². The number of likely N-dealkylation sites (tertiary alicyclic amines) is 1. The second-order valence-corrected chi connectivity index (χ2v) is 9.77. The van der Waals surface area contributed by atoms with E-state index in [2.05, 4.69) is 56.0 Å². The molecule has 1 saturated heterocycles. The molecule has 0 N–H and O–H groups in total. The third kappa shape index (κ3) is 4.37. The lowest BCUT2D eigenvalue weighted by molar-refractivity contribution is -0.0660. The minimum atomic E-state index is -0.951. The van der Waals surface area contributed by atoms with Gasteiger partial charge in [0.05, 0.1) is 6.07 Å². The fourth-order valence-electron chi connectivity index (χ4n) is 5.19. The predicted octanol–water partition coefficient (Wildman–Crippen LogP) is 6.22. The number of alkyl halides is 1. The molecule has 1 aromatic rings. The minimum Gasteiger partial charge on any atom is -0.296 e. The fraction of sp³-hybridized carbons (Fsp3) is 0.708. The molecule has 2 nitrogen and oxygen atoms in total. The van der Waals surface area contributed by atoms with Gasteiger partial charge in [0, 0.05) is 24.9 Å². The highest BCUT2D eigenvalue weighted by Gasteiger charge is 2.51. The number of nitriles is 1. The maximum Gasteiger partial charge on any atom is 0.120 e. The predicted molar refractivity (Wildman–Crippen MR) is 109 cm³/mol. The van der Waals surface area contributed by atoms with Gasteiger partial charge in [-0.3, -0.25) is 4.90 Å². The van der Waals surface area contributed by atoms with Crippen LogP contribution in [-0.4, -0.2) is 24.2 Å². The Morgan fingerprint density at radius 1 is 1.15 bits per heavy atom. The lowest BCUT2D eigenvalue weighted by Gasteiger charge is -2.51. The largest absolute Gasteiger partial charge is 0.296 e. The van der Waals surface area contributed by atoms with Crippen LogP contribution in [0.3, 0.4) is 0 Å². The lowest BCUT2D eigenvalue weighted by atomic mass is 9.59. The summed E-state index contributed by atoms with van der Waals surface area (Å²) in [6.07, 6.45) is 6.86. The number of nitrogens with zero attached hydrogens (tertiary/aromatic N) is 2. The Labute approximate surface area is 164 Å². The normalized spacial score (nSPS) is 28.0. The van der Waals surface area contributed by atoms with Crippen LogP contribution in [0.2, 0.25) is 0 Å². The zero-order chi connectivity index (χ0) is 19.5. The molecule has 2 aliphatic rings. The van der Waals surface area contributed by atoms with E-state index < -0.39 is 11.6 Å². The Morgan fingerprint density at radius 3 is 2.37 bits per heavy atom. The van der Waals surface area contributed by atoms with Gasteiger partial charge >= 0.3 is 0 Å². The van der Waals surface area contributed by atoms with Crippen molar-refractivity contribution >= 4 is 0 Å². The summed E-state index contributed by atoms with van der Waals surface area (Å²) in [5.41, 5.74) is 2.02. The smallest absolute Gasteiger partial charge is 0.120 e. The Morgan fingerprint density at radius 2 is 1.81 bits per heavy atom. The van der Waals surface area contributed by atoms with Gasteiger partial charge in [-0.05, 0) is 48.3 Å². The summed E-state index contributed by atoms with van der Waals surface area (Å²) >= 11 is 0. The van der Waals surface area contributed by atoms with Crippen LogP contribution in [0.5, 0.6) is 0 Å². The molecule has 3 rings (SSSR count). The topological polar surface area (TPSA) is 27.0 Å². The number of rotatable bonds is 4. The van der Waals surface area contributed by atoms with E-state index in [4.69, 9.17) is 0 Å². The standard InChI is InChI=1S/C24H35FN2/c1-23(2,3)24(13-15-26)14-16-27(18-22(24)25)17-19-9-11-21(12-10-19)20-7-5-4-6-8-20/h9-12,20,22H,4-8,13-14,16-18H2,1-3H3. The second kappa shape index (κ2) is 8.31. The van der Waals surface area contributed by atoms with Crippen LogP contribution >= 0.6 is 0 Å². The van der Waals surface area contributed by atoms with E-state index in [1.165, 1.54) is 43.2 Å². The molecule has 1 aromatic carbocycles. The maximum atomic E-state index is 15.3. The van der Waals surface area contributed by atoms with Gasteiger partial charge in [0.15, 0.2) is 0 Å². The molecule has 0 amide bonds. The van der Waals surface area contributed by atoms with Crippen LogP contribution < -0.4 is 0 Å². The van der Waals surface area contributed by atoms with Gasteiger partial charge in [-0.2, -0.15) is 5.26 Å². The number of halogens is 1. The highest BCUT2D eigenvalue weighted by atomic mass is 19.1. The van der Waals surface area contributed by atoms with Crippen molar-refractivity contribution in [2.75, 3.05) is 13.1 Å². The molecule has 1 aliphatic heterocycles. The molecule has 0 bridgehead atoms. The summed E-state index contributed by atoms with van der Waals surface area (Å²) in [6, 6.07) is 11.3. The number of benzene rings is 1. The van der Waals surface area contributed by atoms with E-state index in [1.807, 2.05) is 0 Å². The molecule has 3 heteroatoms. The molecule has 2 unspecified atom stereocenters. The third-order valence-electron chi connectivity index (χ3n) is 7.24. The lowest BCUT2D eigenvalue weighted by Crippen LogP contribution is -2.54. The third-order valence-corrected chi connectivity index (χ3v) is 7.24. The number of hydrogen-bond acceptors (Lipinski definition) is 2.